The summed E-state index contributed by atoms with van der Waals surface area (Å²) in [7, 11) is 1.27. The predicted octanol–water partition coefficient (Wildman–Crippen LogP) is 4.08. The van der Waals surface area contributed by atoms with E-state index in [4.69, 9.17) is 29.7 Å². The summed E-state index contributed by atoms with van der Waals surface area (Å²) in [6.07, 6.45) is 9.86. The van der Waals surface area contributed by atoms with Crippen LogP contribution >= 0.6 is 0 Å². The van der Waals surface area contributed by atoms with Gasteiger partial charge in [0.15, 0.2) is 5.78 Å². The van der Waals surface area contributed by atoms with Crippen molar-refractivity contribution in [1.82, 2.24) is 15.0 Å². The summed E-state index contributed by atoms with van der Waals surface area (Å²) in [5.41, 5.74) is 8.79. The summed E-state index contributed by atoms with van der Waals surface area (Å²) in [4.78, 5) is 54.8. The SMILES string of the molecule is C=Cc1c2[n-]c(c1C)/C=C1\[N-]/C(=C3\c4[n-]c(c(C)c4C(=O)[C@@H]3C(=O)OC)/C=c3\[n-]/c(c(C)c3C=C)=C\2)[C@@H](CCC(=O)OCC)[C@@H]1C.[Mg+2]. The van der Waals surface area contributed by atoms with E-state index in [1.807, 2.05) is 45.9 Å². The van der Waals surface area contributed by atoms with E-state index in [0.29, 0.717) is 45.6 Å². The standard InChI is InChI=1S/C37H37N4O5.Mg/c1-9-21-17(4)24-14-26-19(6)23(12-13-30(42)46-11-3)34(40-26)32-33(37(44)45-8)36(43)31-20(7)27(41-35(31)32)16-29-22(10-2)18(5)25(39-29)15-28(21)38-24;/h9-10,14-16,19,23,33H,1-2,11-13H2,3-8H3,(H-,40,41,43);/q-3;+2/p-1/b25-15-,26-14-,29-16-;/t19-,23-,33+;/m0./s1. The van der Waals surface area contributed by atoms with Crippen molar-refractivity contribution in [1.29, 1.82) is 0 Å². The molecule has 47 heavy (non-hydrogen) atoms. The molecule has 238 valence electrons. The maximum atomic E-state index is 14.1. The molecular weight excluding hydrogens is 605 g/mol. The van der Waals surface area contributed by atoms with Crippen LogP contribution in [0.4, 0.5) is 0 Å². The fourth-order valence-electron chi connectivity index (χ4n) is 6.93. The van der Waals surface area contributed by atoms with Crippen molar-refractivity contribution in [3.8, 4) is 0 Å². The van der Waals surface area contributed by atoms with Crippen molar-refractivity contribution in [2.75, 3.05) is 13.7 Å². The van der Waals surface area contributed by atoms with Crippen LogP contribution in [0.15, 0.2) is 24.6 Å². The number of methoxy groups -OCH3 is 1. The van der Waals surface area contributed by atoms with Gasteiger partial charge in [-0.05, 0) is 57.1 Å². The third-order valence-electron chi connectivity index (χ3n) is 9.48. The molecule has 0 spiro atoms. The van der Waals surface area contributed by atoms with Gasteiger partial charge < -0.3 is 29.7 Å². The number of rotatable bonds is 7. The molecule has 0 saturated carbocycles. The van der Waals surface area contributed by atoms with Gasteiger partial charge in [-0.2, -0.15) is 11.4 Å². The molecule has 8 bridgehead atoms. The zero-order valence-corrected chi connectivity index (χ0v) is 29.1. The molecule has 0 N–H and O–H groups in total. The van der Waals surface area contributed by atoms with Gasteiger partial charge in [-0.25, -0.2) is 0 Å². The maximum Gasteiger partial charge on any atom is 2.00 e. The number of allylic oxidation sites excluding steroid dienone is 2. The van der Waals surface area contributed by atoms with Crippen molar-refractivity contribution >= 4 is 76.7 Å². The molecule has 3 aromatic rings. The third-order valence-corrected chi connectivity index (χ3v) is 9.48. The molecule has 3 aromatic heterocycles. The van der Waals surface area contributed by atoms with Gasteiger partial charge in [0.25, 0.3) is 0 Å². The Morgan fingerprint density at radius 2 is 1.60 bits per heavy atom. The Bertz CT molecular complexity index is 2040. The van der Waals surface area contributed by atoms with Gasteiger partial charge >= 0.3 is 35.0 Å². The first-order valence-corrected chi connectivity index (χ1v) is 15.5. The van der Waals surface area contributed by atoms with Crippen molar-refractivity contribution in [2.45, 2.75) is 47.5 Å². The van der Waals surface area contributed by atoms with Gasteiger partial charge in [0.1, 0.15) is 5.92 Å². The molecule has 3 aliphatic rings. The summed E-state index contributed by atoms with van der Waals surface area (Å²) in [6, 6.07) is 0. The zero-order valence-electron chi connectivity index (χ0n) is 27.7. The smallest absolute Gasteiger partial charge is 0.664 e. The summed E-state index contributed by atoms with van der Waals surface area (Å²) < 4.78 is 10.4. The number of ketones is 1. The van der Waals surface area contributed by atoms with E-state index in [1.54, 1.807) is 19.1 Å². The second-order valence-corrected chi connectivity index (χ2v) is 11.9. The minimum absolute atomic E-state index is 0. The number of Topliss-reactive ketones (excluding diaryl/α,β-unsaturated/α-hetero) is 1. The molecule has 0 aromatic carbocycles. The quantitative estimate of drug-likeness (QED) is 0.215. The van der Waals surface area contributed by atoms with Gasteiger partial charge in [0.05, 0.1) is 13.7 Å². The van der Waals surface area contributed by atoms with Crippen LogP contribution < -0.4 is 25.7 Å². The number of nitrogens with zero attached hydrogens (tertiary/aromatic N) is 4. The number of ether oxygens (including phenoxy) is 2. The van der Waals surface area contributed by atoms with Crippen LogP contribution in [0.2, 0.25) is 0 Å². The first-order valence-electron chi connectivity index (χ1n) is 15.5. The van der Waals surface area contributed by atoms with Gasteiger partial charge in [-0.15, -0.1) is 33.5 Å². The zero-order chi connectivity index (χ0) is 33.0. The average molecular weight is 641 g/mol. The van der Waals surface area contributed by atoms with Crippen molar-refractivity contribution in [3.05, 3.63) is 96.7 Å². The molecule has 0 unspecified atom stereocenters. The molecule has 5 heterocycles. The Kier molecular flexibility index (Phi) is 9.48. The van der Waals surface area contributed by atoms with Gasteiger partial charge in [-0.3, -0.25) is 14.4 Å². The van der Waals surface area contributed by atoms with E-state index in [1.165, 1.54) is 7.11 Å². The number of hydrogen-bond donors (Lipinski definition) is 0. The van der Waals surface area contributed by atoms with E-state index in [-0.39, 0.29) is 59.7 Å². The second-order valence-electron chi connectivity index (χ2n) is 11.9. The molecule has 10 heteroatoms. The van der Waals surface area contributed by atoms with Crippen LogP contribution in [-0.4, -0.2) is 54.5 Å². The van der Waals surface area contributed by atoms with E-state index in [2.05, 4.69) is 13.2 Å². The van der Waals surface area contributed by atoms with Crippen molar-refractivity contribution in [3.63, 3.8) is 0 Å². The first kappa shape index (κ1) is 34.1. The third kappa shape index (κ3) is 5.47. The predicted molar refractivity (Wildman–Crippen MR) is 182 cm³/mol. The Balaban J connectivity index is 0.00000433. The van der Waals surface area contributed by atoms with Gasteiger partial charge in [0.2, 0.25) is 0 Å². The molecule has 0 amide bonds. The second kappa shape index (κ2) is 13.1. The van der Waals surface area contributed by atoms with Crippen molar-refractivity contribution in [2.24, 2.45) is 17.8 Å². The van der Waals surface area contributed by atoms with E-state index < -0.39 is 11.9 Å². The molecule has 3 atom stereocenters. The number of hydrogen-bond acceptors (Lipinski definition) is 5. The molecule has 9 nitrogen and oxygen atoms in total. The summed E-state index contributed by atoms with van der Waals surface area (Å²) in [5.74, 6) is -3.05. The first-order chi connectivity index (χ1) is 22.0. The molecule has 6 rings (SSSR count). The topological polar surface area (TPSA) is 126 Å². The number of carbonyl (C=O) groups excluding carboxylic acids is 3. The molecule has 1 fully saturated rings. The number of carbonyl (C=O) groups is 3. The molecule has 0 radical (unpaired) electrons. The maximum absolute atomic E-state index is 14.1. The van der Waals surface area contributed by atoms with Crippen LogP contribution in [0.1, 0.15) is 87.6 Å². The number of fused-ring (bicyclic) bond motifs is 7. The monoisotopic (exact) mass is 640 g/mol. The summed E-state index contributed by atoms with van der Waals surface area (Å²) in [5, 5.41) is 6.52. The molecular formula is C37H36MgN4O5-2. The summed E-state index contributed by atoms with van der Waals surface area (Å²) in [6.45, 7) is 18.0. The Morgan fingerprint density at radius 3 is 2.26 bits per heavy atom. The normalized spacial score (nSPS) is 23.3. The number of aromatic nitrogens is 3. The summed E-state index contributed by atoms with van der Waals surface area (Å²) >= 11 is 0. The molecule has 1 saturated heterocycles. The van der Waals surface area contributed by atoms with Gasteiger partial charge in [-0.1, -0.05) is 72.7 Å². The van der Waals surface area contributed by atoms with Gasteiger partial charge in [0, 0.05) is 12.0 Å². The fourth-order valence-corrected chi connectivity index (χ4v) is 6.93. The van der Waals surface area contributed by atoms with Crippen LogP contribution in [0.25, 0.3) is 41.3 Å². The van der Waals surface area contributed by atoms with Crippen LogP contribution in [-0.2, 0) is 19.1 Å². The Hall–Kier alpha value is -4.28. The van der Waals surface area contributed by atoms with Crippen LogP contribution in [0.3, 0.4) is 0 Å². The number of esters is 2. The molecule has 2 aliphatic heterocycles. The Labute approximate surface area is 290 Å². The van der Waals surface area contributed by atoms with E-state index >= 15 is 0 Å². The minimum atomic E-state index is -1.22. The largest absolute Gasteiger partial charge is 2.00 e. The average Bonchev–Trinajstić information content (AvgIpc) is 3.77. The van der Waals surface area contributed by atoms with Crippen LogP contribution in [0.5, 0.6) is 0 Å². The minimum Gasteiger partial charge on any atom is -0.664 e. The fraction of sp³-hybridized carbons (Fsp3) is 0.324. The van der Waals surface area contributed by atoms with E-state index in [9.17, 15) is 14.4 Å². The van der Waals surface area contributed by atoms with Crippen molar-refractivity contribution < 1.29 is 23.9 Å². The van der Waals surface area contributed by atoms with Crippen LogP contribution in [0, 0.1) is 38.5 Å². The molecule has 1 aliphatic carbocycles. The van der Waals surface area contributed by atoms with E-state index in [0.717, 1.165) is 44.7 Å². The Morgan fingerprint density at radius 1 is 0.915 bits per heavy atom.